The first-order valence-electron chi connectivity index (χ1n) is 10.8. The third kappa shape index (κ3) is 6.56. The van der Waals surface area contributed by atoms with E-state index in [2.05, 4.69) is 15.2 Å². The van der Waals surface area contributed by atoms with Crippen molar-refractivity contribution in [3.05, 3.63) is 86.7 Å². The van der Waals surface area contributed by atoms with Gasteiger partial charge in [-0.25, -0.2) is 9.37 Å². The molecule has 37 heavy (non-hydrogen) atoms. The number of aromatic nitrogens is 3. The van der Waals surface area contributed by atoms with Gasteiger partial charge < -0.3 is 9.15 Å². The highest BCUT2D eigenvalue weighted by molar-refractivity contribution is 6.32. The van der Waals surface area contributed by atoms with Gasteiger partial charge in [-0.15, -0.1) is 10.2 Å². The first-order chi connectivity index (χ1) is 17.5. The van der Waals surface area contributed by atoms with Gasteiger partial charge in [0.25, 0.3) is 0 Å². The van der Waals surface area contributed by atoms with Crippen molar-refractivity contribution in [3.63, 3.8) is 0 Å². The molecule has 0 atom stereocenters. The maximum Gasteiger partial charge on any atom is 0.433 e. The SMILES string of the molecule is CC.Cc1nc(C(F)(F)F)ccc1-c1nnc(Cc2ccc(Cl)c(Oc3cc(Cl)cc(C#N)c3)c2F)o1. The molecule has 4 rings (SSSR count). The monoisotopic (exact) mass is 552 g/mol. The molecule has 2 aromatic heterocycles. The molecule has 2 heterocycles. The van der Waals surface area contributed by atoms with Gasteiger partial charge in [-0.2, -0.15) is 18.4 Å². The Labute approximate surface area is 219 Å². The number of hydrogen-bond donors (Lipinski definition) is 0. The molecule has 0 amide bonds. The fourth-order valence-electron chi connectivity index (χ4n) is 3.15. The maximum atomic E-state index is 15.2. The number of rotatable bonds is 5. The predicted molar refractivity (Wildman–Crippen MR) is 129 cm³/mol. The number of pyridine rings is 1. The van der Waals surface area contributed by atoms with Gasteiger partial charge in [-0.1, -0.05) is 43.1 Å². The van der Waals surface area contributed by atoms with Crippen LogP contribution < -0.4 is 4.74 Å². The molecule has 6 nitrogen and oxygen atoms in total. The Balaban J connectivity index is 0.00000186. The molecule has 0 aliphatic heterocycles. The summed E-state index contributed by atoms with van der Waals surface area (Å²) in [6.45, 7) is 5.38. The lowest BCUT2D eigenvalue weighted by Gasteiger charge is -2.12. The molecule has 0 bridgehead atoms. The van der Waals surface area contributed by atoms with Crippen molar-refractivity contribution in [2.24, 2.45) is 0 Å². The largest absolute Gasteiger partial charge is 0.453 e. The summed E-state index contributed by atoms with van der Waals surface area (Å²) >= 11 is 12.1. The van der Waals surface area contributed by atoms with Crippen molar-refractivity contribution in [1.82, 2.24) is 15.2 Å². The van der Waals surface area contributed by atoms with E-state index in [0.717, 1.165) is 6.07 Å². The second-order valence-corrected chi connectivity index (χ2v) is 8.09. The summed E-state index contributed by atoms with van der Waals surface area (Å²) in [6, 6.07) is 10.9. The number of alkyl halides is 3. The van der Waals surface area contributed by atoms with Gasteiger partial charge in [0.2, 0.25) is 11.8 Å². The van der Waals surface area contributed by atoms with Crippen LogP contribution in [0.3, 0.4) is 0 Å². The van der Waals surface area contributed by atoms with Crippen molar-refractivity contribution in [2.75, 3.05) is 0 Å². The molecule has 0 unspecified atom stereocenters. The van der Waals surface area contributed by atoms with Crippen LogP contribution in [0.15, 0.2) is 46.9 Å². The van der Waals surface area contributed by atoms with Crippen molar-refractivity contribution < 1.29 is 26.7 Å². The van der Waals surface area contributed by atoms with Crippen LogP contribution in [0.2, 0.25) is 10.0 Å². The van der Waals surface area contributed by atoms with E-state index in [-0.39, 0.29) is 62.1 Å². The third-order valence-electron chi connectivity index (χ3n) is 4.76. The van der Waals surface area contributed by atoms with Gasteiger partial charge in [0.05, 0.1) is 34.3 Å². The van der Waals surface area contributed by atoms with Crippen LogP contribution in [0.25, 0.3) is 11.5 Å². The average molecular weight is 553 g/mol. The summed E-state index contributed by atoms with van der Waals surface area (Å²) in [4.78, 5) is 3.53. The topological polar surface area (TPSA) is 84.8 Å². The first-order valence-corrected chi connectivity index (χ1v) is 11.5. The summed E-state index contributed by atoms with van der Waals surface area (Å²) < 4.78 is 64.9. The van der Waals surface area contributed by atoms with E-state index < -0.39 is 17.7 Å². The van der Waals surface area contributed by atoms with E-state index in [9.17, 15) is 13.2 Å². The van der Waals surface area contributed by atoms with Crippen molar-refractivity contribution in [3.8, 4) is 29.0 Å². The highest BCUT2D eigenvalue weighted by Gasteiger charge is 2.33. The number of benzene rings is 2. The Bertz CT molecular complexity index is 1470. The van der Waals surface area contributed by atoms with E-state index in [1.54, 1.807) is 0 Å². The molecular weight excluding hydrogens is 535 g/mol. The molecule has 0 saturated heterocycles. The Kier molecular flexibility index (Phi) is 8.73. The van der Waals surface area contributed by atoms with Gasteiger partial charge in [-0.05, 0) is 43.3 Å². The third-order valence-corrected chi connectivity index (χ3v) is 5.28. The normalized spacial score (nSPS) is 10.9. The second kappa shape index (κ2) is 11.6. The van der Waals surface area contributed by atoms with Crippen LogP contribution in [0.4, 0.5) is 17.6 Å². The molecule has 0 spiro atoms. The Hall–Kier alpha value is -3.68. The zero-order chi connectivity index (χ0) is 27.3. The zero-order valence-corrected chi connectivity index (χ0v) is 21.1. The highest BCUT2D eigenvalue weighted by atomic mass is 35.5. The molecule has 12 heteroatoms. The van der Waals surface area contributed by atoms with Crippen LogP contribution in [0, 0.1) is 24.1 Å². The summed E-state index contributed by atoms with van der Waals surface area (Å²) in [7, 11) is 0. The number of hydrogen-bond acceptors (Lipinski definition) is 6. The minimum Gasteiger partial charge on any atom is -0.453 e. The first kappa shape index (κ1) is 27.9. The van der Waals surface area contributed by atoms with E-state index in [1.165, 1.54) is 43.3 Å². The van der Waals surface area contributed by atoms with Crippen LogP contribution in [0.5, 0.6) is 11.5 Å². The van der Waals surface area contributed by atoms with E-state index in [1.807, 2.05) is 19.9 Å². The lowest BCUT2D eigenvalue weighted by Crippen LogP contribution is -2.08. The van der Waals surface area contributed by atoms with E-state index in [4.69, 9.17) is 37.6 Å². The van der Waals surface area contributed by atoms with E-state index >= 15 is 4.39 Å². The van der Waals surface area contributed by atoms with Gasteiger partial charge in [0.1, 0.15) is 11.4 Å². The molecule has 192 valence electrons. The quantitative estimate of drug-likeness (QED) is 0.232. The van der Waals surface area contributed by atoms with Crippen LogP contribution in [-0.4, -0.2) is 15.2 Å². The summed E-state index contributed by atoms with van der Waals surface area (Å²) in [5.74, 6) is -1.05. The fraction of sp³-hybridized carbons (Fsp3) is 0.200. The average Bonchev–Trinajstić information content (AvgIpc) is 3.32. The van der Waals surface area contributed by atoms with Gasteiger partial charge >= 0.3 is 6.18 Å². The molecular formula is C25H18Cl2F4N4O2. The lowest BCUT2D eigenvalue weighted by atomic mass is 10.1. The lowest BCUT2D eigenvalue weighted by molar-refractivity contribution is -0.141. The number of nitrogens with zero attached hydrogens (tertiary/aromatic N) is 4. The Morgan fingerprint density at radius 2 is 1.78 bits per heavy atom. The molecule has 0 radical (unpaired) electrons. The molecule has 0 saturated carbocycles. The summed E-state index contributed by atoms with van der Waals surface area (Å²) in [5.41, 5.74) is -0.472. The van der Waals surface area contributed by atoms with Crippen molar-refractivity contribution >= 4 is 23.2 Å². The highest BCUT2D eigenvalue weighted by Crippen LogP contribution is 2.36. The standard InChI is InChI=1S/C23H12Cl2F4N4O2.C2H6/c1-11-16(3-5-18(31-11)23(27,28)29)22-33-32-19(35-22)8-13-2-4-17(25)21(20(13)26)34-15-7-12(10-30)6-14(24)9-15;1-2/h2-7,9H,8H2,1H3;1-2H3. The number of ether oxygens (including phenoxy) is 1. The van der Waals surface area contributed by atoms with Crippen molar-refractivity contribution in [1.29, 1.82) is 5.26 Å². The predicted octanol–water partition coefficient (Wildman–Crippen LogP) is 8.19. The summed E-state index contributed by atoms with van der Waals surface area (Å²) in [6.07, 6.45) is -4.74. The minimum absolute atomic E-state index is 0.000919. The Morgan fingerprint density at radius 1 is 1.05 bits per heavy atom. The molecule has 0 aliphatic rings. The smallest absolute Gasteiger partial charge is 0.433 e. The van der Waals surface area contributed by atoms with Gasteiger partial charge in [-0.3, -0.25) is 0 Å². The van der Waals surface area contributed by atoms with Gasteiger partial charge in [0.15, 0.2) is 11.6 Å². The molecule has 0 aliphatic carbocycles. The van der Waals surface area contributed by atoms with E-state index in [0.29, 0.717) is 0 Å². The minimum atomic E-state index is -4.59. The second-order valence-electron chi connectivity index (χ2n) is 7.24. The number of nitriles is 1. The molecule has 0 N–H and O–H groups in total. The maximum absolute atomic E-state index is 15.2. The molecule has 4 aromatic rings. The van der Waals surface area contributed by atoms with Crippen molar-refractivity contribution in [2.45, 2.75) is 33.4 Å². The van der Waals surface area contributed by atoms with Crippen LogP contribution >= 0.6 is 23.2 Å². The molecule has 0 fully saturated rings. The fourth-order valence-corrected chi connectivity index (χ4v) is 3.56. The number of halogens is 6. The molecule has 2 aromatic carbocycles. The summed E-state index contributed by atoms with van der Waals surface area (Å²) in [5, 5.41) is 17.0. The number of aryl methyl sites for hydroxylation is 1. The van der Waals surface area contributed by atoms with Gasteiger partial charge in [0, 0.05) is 10.6 Å². The van der Waals surface area contributed by atoms with Crippen LogP contribution in [-0.2, 0) is 12.6 Å². The zero-order valence-electron chi connectivity index (χ0n) is 19.6. The van der Waals surface area contributed by atoms with Crippen LogP contribution in [0.1, 0.15) is 42.3 Å². The Morgan fingerprint density at radius 3 is 2.43 bits per heavy atom.